The van der Waals surface area contributed by atoms with Crippen LogP contribution in [0.25, 0.3) is 0 Å². The smallest absolute Gasteiger partial charge is 0.263 e. The molecule has 5 nitrogen and oxygen atoms in total. The molecule has 1 saturated carbocycles. The van der Waals surface area contributed by atoms with Crippen molar-refractivity contribution in [1.29, 1.82) is 0 Å². The number of carbonyl (C=O) groups is 1. The van der Waals surface area contributed by atoms with E-state index in [1.165, 1.54) is 12.8 Å². The maximum absolute atomic E-state index is 13.2. The SMILES string of the molecule is CC(C)c1ccc(C(=O)N2CCCN(CC3CC3)C(C(C)C)C2)c(=O)n1C. The fourth-order valence-electron chi connectivity index (χ4n) is 4.30. The lowest BCUT2D eigenvalue weighted by atomic mass is 10.0. The van der Waals surface area contributed by atoms with Crippen molar-refractivity contribution in [1.82, 2.24) is 14.4 Å². The average molecular weight is 374 g/mol. The van der Waals surface area contributed by atoms with Crippen LogP contribution in [0.3, 0.4) is 0 Å². The molecule has 0 spiro atoms. The van der Waals surface area contributed by atoms with Gasteiger partial charge < -0.3 is 9.47 Å². The molecule has 1 aromatic rings. The second-order valence-electron chi connectivity index (χ2n) is 9.05. The fraction of sp³-hybridized carbons (Fsp3) is 0.727. The summed E-state index contributed by atoms with van der Waals surface area (Å²) in [6.45, 7) is 12.3. The summed E-state index contributed by atoms with van der Waals surface area (Å²) >= 11 is 0. The van der Waals surface area contributed by atoms with E-state index in [0.29, 0.717) is 17.5 Å². The molecule has 1 saturated heterocycles. The molecular formula is C22H35N3O2. The molecule has 27 heavy (non-hydrogen) atoms. The van der Waals surface area contributed by atoms with E-state index >= 15 is 0 Å². The molecule has 1 unspecified atom stereocenters. The van der Waals surface area contributed by atoms with Crippen LogP contribution in [0.5, 0.6) is 0 Å². The van der Waals surface area contributed by atoms with Gasteiger partial charge in [0.05, 0.1) is 0 Å². The van der Waals surface area contributed by atoms with Gasteiger partial charge in [0.25, 0.3) is 11.5 Å². The zero-order valence-corrected chi connectivity index (χ0v) is 17.6. The largest absolute Gasteiger partial charge is 0.337 e. The topological polar surface area (TPSA) is 45.6 Å². The quantitative estimate of drug-likeness (QED) is 0.797. The van der Waals surface area contributed by atoms with Gasteiger partial charge in [0, 0.05) is 45.0 Å². The van der Waals surface area contributed by atoms with Gasteiger partial charge >= 0.3 is 0 Å². The standard InChI is InChI=1S/C22H35N3O2/c1-15(2)19-10-9-18(21(26)23(19)5)22(27)25-12-6-11-24(13-17-7-8-17)20(14-25)16(3)4/h9-10,15-17,20H,6-8,11-14H2,1-5H3. The molecule has 1 aliphatic heterocycles. The zero-order chi connectivity index (χ0) is 19.7. The monoisotopic (exact) mass is 373 g/mol. The number of aromatic nitrogens is 1. The number of pyridine rings is 1. The Balaban J connectivity index is 1.81. The Morgan fingerprint density at radius 1 is 1.15 bits per heavy atom. The lowest BCUT2D eigenvalue weighted by Crippen LogP contribution is -2.47. The number of hydrogen-bond acceptors (Lipinski definition) is 3. The predicted octanol–water partition coefficient (Wildman–Crippen LogP) is 3.09. The van der Waals surface area contributed by atoms with Gasteiger partial charge in [-0.3, -0.25) is 14.5 Å². The molecule has 0 radical (unpaired) electrons. The van der Waals surface area contributed by atoms with E-state index in [4.69, 9.17) is 0 Å². The Bertz CT molecular complexity index is 734. The first-order chi connectivity index (χ1) is 12.8. The van der Waals surface area contributed by atoms with E-state index in [2.05, 4.69) is 32.6 Å². The molecule has 0 N–H and O–H groups in total. The van der Waals surface area contributed by atoms with Crippen molar-refractivity contribution in [3.63, 3.8) is 0 Å². The number of rotatable bonds is 5. The second kappa shape index (κ2) is 8.17. The molecule has 5 heteroatoms. The first-order valence-corrected chi connectivity index (χ1v) is 10.5. The van der Waals surface area contributed by atoms with Crippen LogP contribution in [0.4, 0.5) is 0 Å². The summed E-state index contributed by atoms with van der Waals surface area (Å²) in [5.74, 6) is 1.49. The van der Waals surface area contributed by atoms with E-state index in [1.54, 1.807) is 17.7 Å². The number of carbonyl (C=O) groups excluding carboxylic acids is 1. The molecule has 1 aliphatic carbocycles. The van der Waals surface area contributed by atoms with Gasteiger partial charge in [-0.1, -0.05) is 27.7 Å². The van der Waals surface area contributed by atoms with E-state index in [9.17, 15) is 9.59 Å². The van der Waals surface area contributed by atoms with Gasteiger partial charge in [-0.2, -0.15) is 0 Å². The molecule has 2 heterocycles. The normalized spacial score (nSPS) is 21.7. The molecule has 3 rings (SSSR count). The lowest BCUT2D eigenvalue weighted by molar-refractivity contribution is 0.0702. The zero-order valence-electron chi connectivity index (χ0n) is 17.6. The summed E-state index contributed by atoms with van der Waals surface area (Å²) in [5, 5.41) is 0. The number of nitrogens with zero attached hydrogens (tertiary/aromatic N) is 3. The minimum atomic E-state index is -0.175. The molecule has 2 fully saturated rings. The molecule has 1 aromatic heterocycles. The fourth-order valence-corrected chi connectivity index (χ4v) is 4.30. The highest BCUT2D eigenvalue weighted by molar-refractivity contribution is 5.94. The van der Waals surface area contributed by atoms with Crippen LogP contribution in [0.1, 0.15) is 68.9 Å². The van der Waals surface area contributed by atoms with Crippen molar-refractivity contribution >= 4 is 5.91 Å². The summed E-state index contributed by atoms with van der Waals surface area (Å²) in [5.41, 5.74) is 1.09. The van der Waals surface area contributed by atoms with Crippen LogP contribution in [0, 0.1) is 11.8 Å². The number of amides is 1. The van der Waals surface area contributed by atoms with Gasteiger partial charge in [0.2, 0.25) is 0 Å². The van der Waals surface area contributed by atoms with E-state index in [1.807, 2.05) is 11.0 Å². The first kappa shape index (κ1) is 20.1. The minimum Gasteiger partial charge on any atom is -0.337 e. The van der Waals surface area contributed by atoms with Gasteiger partial charge in [-0.25, -0.2) is 0 Å². The average Bonchev–Trinajstić information content (AvgIpc) is 3.43. The first-order valence-electron chi connectivity index (χ1n) is 10.5. The van der Waals surface area contributed by atoms with Crippen molar-refractivity contribution in [3.05, 3.63) is 33.7 Å². The third kappa shape index (κ3) is 4.45. The lowest BCUT2D eigenvalue weighted by Gasteiger charge is -2.34. The van der Waals surface area contributed by atoms with Gasteiger partial charge in [-0.15, -0.1) is 0 Å². The van der Waals surface area contributed by atoms with Crippen LogP contribution >= 0.6 is 0 Å². The van der Waals surface area contributed by atoms with Gasteiger partial charge in [-0.05, 0) is 49.1 Å². The van der Waals surface area contributed by atoms with Gasteiger partial charge in [0.15, 0.2) is 0 Å². The van der Waals surface area contributed by atoms with Crippen LogP contribution in [0.15, 0.2) is 16.9 Å². The summed E-state index contributed by atoms with van der Waals surface area (Å²) in [6.07, 6.45) is 3.68. The molecule has 2 aliphatic rings. The Labute approximate surface area is 163 Å². The molecular weight excluding hydrogens is 338 g/mol. The van der Waals surface area contributed by atoms with Crippen LogP contribution in [-0.4, -0.2) is 52.5 Å². The Hall–Kier alpha value is -1.62. The van der Waals surface area contributed by atoms with Crippen molar-refractivity contribution in [3.8, 4) is 0 Å². The van der Waals surface area contributed by atoms with Gasteiger partial charge in [0.1, 0.15) is 5.56 Å². The summed E-state index contributed by atoms with van der Waals surface area (Å²) in [4.78, 5) is 30.5. The third-order valence-corrected chi connectivity index (χ3v) is 6.16. The van der Waals surface area contributed by atoms with Crippen LogP contribution < -0.4 is 5.56 Å². The summed E-state index contributed by atoms with van der Waals surface area (Å²) < 4.78 is 1.63. The molecule has 1 amide bonds. The molecule has 150 valence electrons. The highest BCUT2D eigenvalue weighted by Gasteiger charge is 2.34. The molecule has 1 atom stereocenters. The maximum Gasteiger partial charge on any atom is 0.263 e. The number of hydrogen-bond donors (Lipinski definition) is 0. The summed E-state index contributed by atoms with van der Waals surface area (Å²) in [7, 11) is 1.77. The summed E-state index contributed by atoms with van der Waals surface area (Å²) in [6, 6.07) is 4.03. The van der Waals surface area contributed by atoms with Crippen molar-refractivity contribution in [2.45, 2.75) is 58.9 Å². The van der Waals surface area contributed by atoms with Crippen LogP contribution in [-0.2, 0) is 7.05 Å². The van der Waals surface area contributed by atoms with E-state index in [0.717, 1.165) is 44.2 Å². The molecule has 0 bridgehead atoms. The highest BCUT2D eigenvalue weighted by Crippen LogP contribution is 2.32. The minimum absolute atomic E-state index is 0.107. The van der Waals surface area contributed by atoms with Crippen molar-refractivity contribution < 1.29 is 4.79 Å². The van der Waals surface area contributed by atoms with E-state index in [-0.39, 0.29) is 17.4 Å². The maximum atomic E-state index is 13.2. The van der Waals surface area contributed by atoms with Crippen LogP contribution in [0.2, 0.25) is 0 Å². The van der Waals surface area contributed by atoms with E-state index < -0.39 is 0 Å². The second-order valence-corrected chi connectivity index (χ2v) is 9.05. The molecule has 0 aromatic carbocycles. The third-order valence-electron chi connectivity index (χ3n) is 6.16. The van der Waals surface area contributed by atoms with Crippen molar-refractivity contribution in [2.75, 3.05) is 26.2 Å². The predicted molar refractivity (Wildman–Crippen MR) is 109 cm³/mol. The highest BCUT2D eigenvalue weighted by atomic mass is 16.2. The Kier molecular flexibility index (Phi) is 6.09. The Morgan fingerprint density at radius 2 is 1.85 bits per heavy atom. The van der Waals surface area contributed by atoms with Crippen molar-refractivity contribution in [2.24, 2.45) is 18.9 Å². The Morgan fingerprint density at radius 3 is 2.44 bits per heavy atom.